The molecule has 0 bridgehead atoms. The molecule has 0 aromatic heterocycles. The van der Waals surface area contributed by atoms with Gasteiger partial charge in [0.1, 0.15) is 5.75 Å². The number of likely N-dealkylation sites (N-methyl/N-ethyl adjacent to an activating group) is 1. The van der Waals surface area contributed by atoms with Crippen molar-refractivity contribution in [2.45, 2.75) is 24.8 Å². The molecule has 0 unspecified atom stereocenters. The average Bonchev–Trinajstić information content (AvgIpc) is 2.53. The largest absolute Gasteiger partial charge is 0.497 e. The first-order valence-corrected chi connectivity index (χ1v) is 8.05. The highest BCUT2D eigenvalue weighted by molar-refractivity contribution is 6.30. The second-order valence-electron chi connectivity index (χ2n) is 6.23. The van der Waals surface area contributed by atoms with E-state index in [9.17, 15) is 0 Å². The number of methoxy groups -OCH3 is 1. The van der Waals surface area contributed by atoms with E-state index in [1.807, 2.05) is 12.1 Å². The van der Waals surface area contributed by atoms with Crippen LogP contribution in [0.4, 0.5) is 0 Å². The second-order valence-corrected chi connectivity index (χ2v) is 6.67. The van der Waals surface area contributed by atoms with Gasteiger partial charge in [0.25, 0.3) is 0 Å². The summed E-state index contributed by atoms with van der Waals surface area (Å²) in [5, 5.41) is 0.800. The Bertz CT molecular complexity index is 668. The molecule has 2 aromatic rings. The minimum absolute atomic E-state index is 0.366. The van der Waals surface area contributed by atoms with Crippen molar-refractivity contribution in [3.63, 3.8) is 0 Å². The molecule has 0 aliphatic heterocycles. The summed E-state index contributed by atoms with van der Waals surface area (Å²) < 4.78 is 5.43. The summed E-state index contributed by atoms with van der Waals surface area (Å²) >= 11 is 6.21. The van der Waals surface area contributed by atoms with Gasteiger partial charge in [-0.3, -0.25) is 0 Å². The summed E-state index contributed by atoms with van der Waals surface area (Å²) in [6.07, 6.45) is 2.19. The Morgan fingerprint density at radius 1 is 1.14 bits per heavy atom. The molecule has 0 fully saturated rings. The first kappa shape index (κ1) is 15.4. The number of halogens is 1. The number of benzene rings is 2. The van der Waals surface area contributed by atoms with Gasteiger partial charge in [-0.2, -0.15) is 0 Å². The van der Waals surface area contributed by atoms with Crippen molar-refractivity contribution in [2.24, 2.45) is 0 Å². The predicted octanol–water partition coefficient (Wildman–Crippen LogP) is 4.36. The molecular formula is C19H22ClNO. The molecule has 22 heavy (non-hydrogen) atoms. The summed E-state index contributed by atoms with van der Waals surface area (Å²) in [4.78, 5) is 2.32. The SMILES string of the molecule is COc1ccc2c(c1)[C@H](c1cccc(Cl)c1)C[C@@H](N(C)C)C2. The van der Waals surface area contributed by atoms with E-state index in [0.717, 1.165) is 23.6 Å². The zero-order chi connectivity index (χ0) is 15.7. The normalized spacial score (nSPS) is 20.8. The molecule has 2 atom stereocenters. The van der Waals surface area contributed by atoms with Crippen molar-refractivity contribution >= 4 is 11.6 Å². The van der Waals surface area contributed by atoms with Gasteiger partial charge in [-0.15, -0.1) is 0 Å². The number of nitrogens with zero attached hydrogens (tertiary/aromatic N) is 1. The third kappa shape index (κ3) is 2.99. The van der Waals surface area contributed by atoms with Crippen LogP contribution in [0.3, 0.4) is 0 Å². The molecule has 0 heterocycles. The molecule has 116 valence electrons. The van der Waals surface area contributed by atoms with Gasteiger partial charge in [0.15, 0.2) is 0 Å². The van der Waals surface area contributed by atoms with Crippen LogP contribution >= 0.6 is 11.6 Å². The molecule has 2 nitrogen and oxygen atoms in total. The maximum Gasteiger partial charge on any atom is 0.119 e. The van der Waals surface area contributed by atoms with Gasteiger partial charge < -0.3 is 9.64 Å². The van der Waals surface area contributed by atoms with Gasteiger partial charge >= 0.3 is 0 Å². The molecule has 0 saturated heterocycles. The Hall–Kier alpha value is -1.51. The van der Waals surface area contributed by atoms with Crippen LogP contribution in [0.2, 0.25) is 5.02 Å². The molecule has 1 aliphatic rings. The summed E-state index contributed by atoms with van der Waals surface area (Å²) in [6.45, 7) is 0. The summed E-state index contributed by atoms with van der Waals surface area (Å²) in [7, 11) is 6.05. The van der Waals surface area contributed by atoms with Gasteiger partial charge in [-0.05, 0) is 67.9 Å². The van der Waals surface area contributed by atoms with Crippen molar-refractivity contribution in [2.75, 3.05) is 21.2 Å². The van der Waals surface area contributed by atoms with Gasteiger partial charge in [0.2, 0.25) is 0 Å². The lowest BCUT2D eigenvalue weighted by Crippen LogP contribution is -2.35. The van der Waals surface area contributed by atoms with E-state index in [-0.39, 0.29) is 0 Å². The van der Waals surface area contributed by atoms with E-state index in [2.05, 4.69) is 49.3 Å². The zero-order valence-electron chi connectivity index (χ0n) is 13.3. The number of ether oxygens (including phenoxy) is 1. The Labute approximate surface area is 137 Å². The van der Waals surface area contributed by atoms with Crippen molar-refractivity contribution in [1.82, 2.24) is 4.90 Å². The van der Waals surface area contributed by atoms with Crippen LogP contribution in [0, 0.1) is 0 Å². The van der Waals surface area contributed by atoms with E-state index >= 15 is 0 Å². The zero-order valence-corrected chi connectivity index (χ0v) is 14.1. The Kier molecular flexibility index (Phi) is 4.42. The lowest BCUT2D eigenvalue weighted by molar-refractivity contribution is 0.258. The topological polar surface area (TPSA) is 12.5 Å². The number of fused-ring (bicyclic) bond motifs is 1. The van der Waals surface area contributed by atoms with Crippen LogP contribution in [-0.4, -0.2) is 32.1 Å². The van der Waals surface area contributed by atoms with Crippen LogP contribution in [0.5, 0.6) is 5.75 Å². The highest BCUT2D eigenvalue weighted by Crippen LogP contribution is 2.40. The second kappa shape index (κ2) is 6.31. The van der Waals surface area contributed by atoms with Gasteiger partial charge in [0.05, 0.1) is 7.11 Å². The molecular weight excluding hydrogens is 294 g/mol. The number of hydrogen-bond donors (Lipinski definition) is 0. The number of rotatable bonds is 3. The van der Waals surface area contributed by atoms with Crippen molar-refractivity contribution in [3.8, 4) is 5.75 Å². The first-order chi connectivity index (χ1) is 10.6. The summed E-state index contributed by atoms with van der Waals surface area (Å²) in [5.74, 6) is 1.29. The van der Waals surface area contributed by atoms with E-state index in [1.165, 1.54) is 16.7 Å². The first-order valence-electron chi connectivity index (χ1n) is 7.67. The molecule has 1 aliphatic carbocycles. The van der Waals surface area contributed by atoms with Crippen LogP contribution in [0.25, 0.3) is 0 Å². The maximum atomic E-state index is 6.21. The maximum absolute atomic E-state index is 6.21. The standard InChI is InChI=1S/C19H22ClNO/c1-21(2)16-10-14-7-8-17(22-3)12-19(14)18(11-16)13-5-4-6-15(20)9-13/h4-9,12,16,18H,10-11H2,1-3H3/t16-,18-/m0/s1. The van der Waals surface area contributed by atoms with Gasteiger partial charge in [-0.1, -0.05) is 29.8 Å². The fourth-order valence-electron chi connectivity index (χ4n) is 3.38. The van der Waals surface area contributed by atoms with Crippen molar-refractivity contribution in [3.05, 3.63) is 64.2 Å². The van der Waals surface area contributed by atoms with Crippen molar-refractivity contribution in [1.29, 1.82) is 0 Å². The minimum Gasteiger partial charge on any atom is -0.497 e. The highest BCUT2D eigenvalue weighted by Gasteiger charge is 2.29. The summed E-state index contributed by atoms with van der Waals surface area (Å²) in [6, 6.07) is 15.2. The highest BCUT2D eigenvalue weighted by atomic mass is 35.5. The predicted molar refractivity (Wildman–Crippen MR) is 92.1 cm³/mol. The van der Waals surface area contributed by atoms with E-state index in [1.54, 1.807) is 7.11 Å². The molecule has 3 heteroatoms. The summed E-state index contributed by atoms with van der Waals surface area (Å²) in [5.41, 5.74) is 4.07. The molecule has 0 spiro atoms. The fraction of sp³-hybridized carbons (Fsp3) is 0.368. The molecule has 0 amide bonds. The van der Waals surface area contributed by atoms with E-state index in [0.29, 0.717) is 12.0 Å². The van der Waals surface area contributed by atoms with E-state index in [4.69, 9.17) is 16.3 Å². The van der Waals surface area contributed by atoms with Crippen LogP contribution in [-0.2, 0) is 6.42 Å². The monoisotopic (exact) mass is 315 g/mol. The quantitative estimate of drug-likeness (QED) is 0.834. The van der Waals surface area contributed by atoms with Gasteiger partial charge in [-0.25, -0.2) is 0 Å². The van der Waals surface area contributed by atoms with Crippen LogP contribution < -0.4 is 4.74 Å². The Morgan fingerprint density at radius 2 is 1.95 bits per heavy atom. The molecule has 0 saturated carbocycles. The lowest BCUT2D eigenvalue weighted by atomic mass is 9.76. The lowest BCUT2D eigenvalue weighted by Gasteiger charge is -2.35. The van der Waals surface area contributed by atoms with Crippen LogP contribution in [0.1, 0.15) is 29.0 Å². The Balaban J connectivity index is 2.07. The fourth-order valence-corrected chi connectivity index (χ4v) is 3.58. The minimum atomic E-state index is 0.366. The molecule has 0 radical (unpaired) electrons. The van der Waals surface area contributed by atoms with Gasteiger partial charge in [0, 0.05) is 17.0 Å². The molecule has 2 aromatic carbocycles. The van der Waals surface area contributed by atoms with Crippen LogP contribution in [0.15, 0.2) is 42.5 Å². The van der Waals surface area contributed by atoms with E-state index < -0.39 is 0 Å². The third-order valence-electron chi connectivity index (χ3n) is 4.67. The van der Waals surface area contributed by atoms with Crippen molar-refractivity contribution < 1.29 is 4.74 Å². The Morgan fingerprint density at radius 3 is 2.64 bits per heavy atom. The molecule has 3 rings (SSSR count). The average molecular weight is 316 g/mol. The number of hydrogen-bond acceptors (Lipinski definition) is 2. The third-order valence-corrected chi connectivity index (χ3v) is 4.91. The molecule has 0 N–H and O–H groups in total. The smallest absolute Gasteiger partial charge is 0.119 e.